The van der Waals surface area contributed by atoms with Crippen molar-refractivity contribution in [2.75, 3.05) is 24.7 Å². The van der Waals surface area contributed by atoms with Crippen molar-refractivity contribution in [1.82, 2.24) is 0 Å². The van der Waals surface area contributed by atoms with Crippen LogP contribution in [0, 0.1) is 11.7 Å². The molecule has 0 N–H and O–H groups in total. The molecule has 0 atom stereocenters. The van der Waals surface area contributed by atoms with E-state index in [1.54, 1.807) is 0 Å². The molecule has 1 aromatic rings. The molecule has 0 bridgehead atoms. The molecule has 0 spiro atoms. The first-order valence-corrected chi connectivity index (χ1v) is 6.88. The van der Waals surface area contributed by atoms with Gasteiger partial charge in [-0.1, -0.05) is 11.6 Å². The molecule has 106 valence electrons. The number of halogens is 2. The van der Waals surface area contributed by atoms with E-state index in [-0.39, 0.29) is 16.5 Å². The van der Waals surface area contributed by atoms with Gasteiger partial charge in [-0.3, -0.25) is 9.59 Å². The molecule has 1 aromatic carbocycles. The van der Waals surface area contributed by atoms with E-state index in [1.165, 1.54) is 17.0 Å². The van der Waals surface area contributed by atoms with Crippen molar-refractivity contribution >= 4 is 29.0 Å². The number of Topliss-reactive ketones (excluding diaryl/α,β-unsaturated/α-hetero) is 1. The van der Waals surface area contributed by atoms with Gasteiger partial charge < -0.3 is 9.64 Å². The monoisotopic (exact) mass is 297 g/mol. The molecule has 1 saturated heterocycles. The molecular formula is C14H13ClFNO3. The van der Waals surface area contributed by atoms with Crippen LogP contribution in [0.3, 0.4) is 0 Å². The molecule has 0 saturated carbocycles. The fourth-order valence-corrected chi connectivity index (χ4v) is 2.82. The fourth-order valence-electron chi connectivity index (χ4n) is 2.66. The maximum absolute atomic E-state index is 13.6. The SMILES string of the molecule is O=C1C(=O)N(CC2CCOCC2)c2cc(F)c(Cl)cc21. The number of benzene rings is 1. The van der Waals surface area contributed by atoms with Gasteiger partial charge in [-0.15, -0.1) is 0 Å². The Kier molecular flexibility index (Phi) is 3.48. The molecule has 0 aromatic heterocycles. The Balaban J connectivity index is 1.91. The number of anilines is 1. The number of fused-ring (bicyclic) bond motifs is 1. The summed E-state index contributed by atoms with van der Waals surface area (Å²) in [7, 11) is 0. The van der Waals surface area contributed by atoms with Crippen LogP contribution in [-0.2, 0) is 9.53 Å². The standard InChI is InChI=1S/C14H13ClFNO3/c15-10-5-9-12(6-11(10)16)17(14(19)13(9)18)7-8-1-3-20-4-2-8/h5-6,8H,1-4,7H2. The third kappa shape index (κ3) is 2.21. The van der Waals surface area contributed by atoms with Crippen LogP contribution in [0.2, 0.25) is 5.02 Å². The maximum atomic E-state index is 13.6. The highest BCUT2D eigenvalue weighted by Crippen LogP contribution is 2.34. The van der Waals surface area contributed by atoms with Gasteiger partial charge >= 0.3 is 0 Å². The lowest BCUT2D eigenvalue weighted by Crippen LogP contribution is -2.36. The number of ether oxygens (including phenoxy) is 1. The number of carbonyl (C=O) groups excluding carboxylic acids is 2. The predicted octanol–water partition coefficient (Wildman–Crippen LogP) is 2.44. The number of hydrogen-bond acceptors (Lipinski definition) is 3. The molecule has 0 unspecified atom stereocenters. The minimum Gasteiger partial charge on any atom is -0.381 e. The first-order valence-electron chi connectivity index (χ1n) is 6.51. The third-order valence-electron chi connectivity index (χ3n) is 3.80. The summed E-state index contributed by atoms with van der Waals surface area (Å²) in [6.45, 7) is 1.73. The number of nitrogens with zero attached hydrogens (tertiary/aromatic N) is 1. The zero-order valence-electron chi connectivity index (χ0n) is 10.7. The van der Waals surface area contributed by atoms with Crippen LogP contribution >= 0.6 is 11.6 Å². The number of rotatable bonds is 2. The van der Waals surface area contributed by atoms with Gasteiger partial charge in [0.25, 0.3) is 11.7 Å². The van der Waals surface area contributed by atoms with E-state index in [1.807, 2.05) is 0 Å². The summed E-state index contributed by atoms with van der Waals surface area (Å²) in [6.07, 6.45) is 1.67. The zero-order chi connectivity index (χ0) is 14.3. The average molecular weight is 298 g/mol. The maximum Gasteiger partial charge on any atom is 0.299 e. The Hall–Kier alpha value is -1.46. The topological polar surface area (TPSA) is 46.6 Å². The van der Waals surface area contributed by atoms with Crippen LogP contribution in [-0.4, -0.2) is 31.4 Å². The van der Waals surface area contributed by atoms with Gasteiger partial charge in [0, 0.05) is 19.8 Å². The van der Waals surface area contributed by atoms with Gasteiger partial charge in [0.15, 0.2) is 0 Å². The second-order valence-corrected chi connectivity index (χ2v) is 5.49. The van der Waals surface area contributed by atoms with Crippen molar-refractivity contribution in [2.24, 2.45) is 5.92 Å². The van der Waals surface area contributed by atoms with Crippen molar-refractivity contribution < 1.29 is 18.7 Å². The minimum absolute atomic E-state index is 0.141. The average Bonchev–Trinajstić information content (AvgIpc) is 2.66. The Morgan fingerprint density at radius 3 is 2.70 bits per heavy atom. The second-order valence-electron chi connectivity index (χ2n) is 5.08. The van der Waals surface area contributed by atoms with Crippen molar-refractivity contribution in [3.63, 3.8) is 0 Å². The minimum atomic E-state index is -0.620. The van der Waals surface area contributed by atoms with Crippen LogP contribution < -0.4 is 4.90 Å². The molecule has 3 rings (SSSR count). The van der Waals surface area contributed by atoms with Gasteiger partial charge in [-0.25, -0.2) is 4.39 Å². The summed E-state index contributed by atoms with van der Waals surface area (Å²) in [4.78, 5) is 25.3. The van der Waals surface area contributed by atoms with Crippen LogP contribution in [0.1, 0.15) is 23.2 Å². The van der Waals surface area contributed by atoms with Crippen LogP contribution in [0.15, 0.2) is 12.1 Å². The van der Waals surface area contributed by atoms with E-state index in [4.69, 9.17) is 16.3 Å². The van der Waals surface area contributed by atoms with E-state index in [0.29, 0.717) is 25.4 Å². The molecule has 1 fully saturated rings. The highest BCUT2D eigenvalue weighted by Gasteiger charge is 2.38. The summed E-state index contributed by atoms with van der Waals surface area (Å²) < 4.78 is 18.8. The predicted molar refractivity (Wildman–Crippen MR) is 71.6 cm³/mol. The van der Waals surface area contributed by atoms with Gasteiger partial charge in [0.2, 0.25) is 0 Å². The Morgan fingerprint density at radius 2 is 2.00 bits per heavy atom. The first kappa shape index (κ1) is 13.5. The van der Waals surface area contributed by atoms with Gasteiger partial charge in [0.05, 0.1) is 16.3 Å². The molecular weight excluding hydrogens is 285 g/mol. The Labute approximate surface area is 120 Å². The van der Waals surface area contributed by atoms with Crippen LogP contribution in [0.5, 0.6) is 0 Å². The molecule has 2 heterocycles. The van der Waals surface area contributed by atoms with E-state index in [2.05, 4.69) is 0 Å². The van der Waals surface area contributed by atoms with E-state index in [0.717, 1.165) is 12.8 Å². The Morgan fingerprint density at radius 1 is 1.30 bits per heavy atom. The van der Waals surface area contributed by atoms with Gasteiger partial charge in [-0.2, -0.15) is 0 Å². The number of ketones is 1. The van der Waals surface area contributed by atoms with Gasteiger partial charge in [0.1, 0.15) is 5.82 Å². The highest BCUT2D eigenvalue weighted by atomic mass is 35.5. The smallest absolute Gasteiger partial charge is 0.299 e. The highest BCUT2D eigenvalue weighted by molar-refractivity contribution is 6.52. The third-order valence-corrected chi connectivity index (χ3v) is 4.08. The van der Waals surface area contributed by atoms with E-state index in [9.17, 15) is 14.0 Å². The lowest BCUT2D eigenvalue weighted by Gasteiger charge is -2.27. The summed E-state index contributed by atoms with van der Waals surface area (Å²) >= 11 is 5.67. The molecule has 6 heteroatoms. The Bertz CT molecular complexity index is 584. The molecule has 0 radical (unpaired) electrons. The lowest BCUT2D eigenvalue weighted by molar-refractivity contribution is -0.114. The lowest BCUT2D eigenvalue weighted by atomic mass is 9.99. The number of amides is 1. The largest absolute Gasteiger partial charge is 0.381 e. The summed E-state index contributed by atoms with van der Waals surface area (Å²) in [5.74, 6) is -1.57. The van der Waals surface area contributed by atoms with Gasteiger partial charge in [-0.05, 0) is 30.9 Å². The summed E-state index contributed by atoms with van der Waals surface area (Å²) in [5, 5.41) is -0.141. The van der Waals surface area contributed by atoms with Crippen LogP contribution in [0.25, 0.3) is 0 Å². The second kappa shape index (κ2) is 5.14. The van der Waals surface area contributed by atoms with Crippen molar-refractivity contribution in [3.8, 4) is 0 Å². The number of carbonyl (C=O) groups is 2. The first-order chi connectivity index (χ1) is 9.58. The zero-order valence-corrected chi connectivity index (χ0v) is 11.5. The van der Waals surface area contributed by atoms with E-state index >= 15 is 0 Å². The molecule has 2 aliphatic rings. The van der Waals surface area contributed by atoms with Crippen molar-refractivity contribution in [1.29, 1.82) is 0 Å². The molecule has 4 nitrogen and oxygen atoms in total. The van der Waals surface area contributed by atoms with E-state index < -0.39 is 17.5 Å². The molecule has 2 aliphatic heterocycles. The molecule has 20 heavy (non-hydrogen) atoms. The van der Waals surface area contributed by atoms with Crippen molar-refractivity contribution in [2.45, 2.75) is 12.8 Å². The molecule has 0 aliphatic carbocycles. The summed E-state index contributed by atoms with van der Waals surface area (Å²) in [5.41, 5.74) is 0.516. The normalized spacial score (nSPS) is 19.6. The fraction of sp³-hybridized carbons (Fsp3) is 0.429. The van der Waals surface area contributed by atoms with Crippen molar-refractivity contribution in [3.05, 3.63) is 28.5 Å². The van der Waals surface area contributed by atoms with Crippen LogP contribution in [0.4, 0.5) is 10.1 Å². The molecule has 1 amide bonds. The number of hydrogen-bond donors (Lipinski definition) is 0. The quantitative estimate of drug-likeness (QED) is 0.788. The summed E-state index contributed by atoms with van der Waals surface area (Å²) in [6, 6.07) is 2.40.